The van der Waals surface area contributed by atoms with Crippen LogP contribution in [0.5, 0.6) is 0 Å². The van der Waals surface area contributed by atoms with Crippen molar-refractivity contribution >= 4 is 28.8 Å². The van der Waals surface area contributed by atoms with E-state index in [1.165, 1.54) is 15.8 Å². The van der Waals surface area contributed by atoms with Gasteiger partial charge in [0.2, 0.25) is 0 Å². The van der Waals surface area contributed by atoms with Gasteiger partial charge in [-0.15, -0.1) is 0 Å². The van der Waals surface area contributed by atoms with Gasteiger partial charge in [0, 0.05) is 31.2 Å². The first-order chi connectivity index (χ1) is 19.3. The molecule has 2 amide bonds. The van der Waals surface area contributed by atoms with Gasteiger partial charge in [-0.05, 0) is 74.3 Å². The molecule has 41 heavy (non-hydrogen) atoms. The van der Waals surface area contributed by atoms with Crippen molar-refractivity contribution in [2.45, 2.75) is 38.7 Å². The van der Waals surface area contributed by atoms with Crippen LogP contribution >= 0.6 is 0 Å². The van der Waals surface area contributed by atoms with Gasteiger partial charge >= 0.3 is 18.4 Å². The van der Waals surface area contributed by atoms with Crippen molar-refractivity contribution in [1.82, 2.24) is 24.5 Å². The average molecular weight is 579 g/mol. The molecule has 3 heterocycles. The number of benzene rings is 2. The molecule has 218 valence electrons. The summed E-state index contributed by atoms with van der Waals surface area (Å²) < 4.78 is 81.2. The molecule has 13 heteroatoms. The van der Waals surface area contributed by atoms with Crippen LogP contribution in [-0.2, 0) is 18.9 Å². The zero-order chi connectivity index (χ0) is 29.5. The van der Waals surface area contributed by atoms with E-state index in [0.717, 1.165) is 32.0 Å². The molecule has 0 saturated carbocycles. The van der Waals surface area contributed by atoms with Gasteiger partial charge in [-0.2, -0.15) is 31.4 Å². The second-order valence-electron chi connectivity index (χ2n) is 10.1. The number of aromatic nitrogens is 2. The van der Waals surface area contributed by atoms with Gasteiger partial charge in [0.1, 0.15) is 0 Å². The van der Waals surface area contributed by atoms with Crippen LogP contribution in [0.15, 0.2) is 48.3 Å². The van der Waals surface area contributed by atoms with Crippen molar-refractivity contribution in [2.75, 3.05) is 32.7 Å². The summed E-state index contributed by atoms with van der Waals surface area (Å²) >= 11 is 0. The molecule has 0 unspecified atom stereocenters. The Kier molecular flexibility index (Phi) is 7.58. The number of halogens is 6. The highest BCUT2D eigenvalue weighted by Crippen LogP contribution is 2.37. The highest BCUT2D eigenvalue weighted by atomic mass is 19.4. The van der Waals surface area contributed by atoms with Gasteiger partial charge in [0.25, 0.3) is 0 Å². The molecular formula is C28H28F6N6O. The van der Waals surface area contributed by atoms with E-state index >= 15 is 0 Å². The summed E-state index contributed by atoms with van der Waals surface area (Å²) in [7, 11) is 0. The number of hydrogen-bond donors (Lipinski definition) is 1. The van der Waals surface area contributed by atoms with Crippen LogP contribution in [0.1, 0.15) is 42.0 Å². The third-order valence-electron chi connectivity index (χ3n) is 7.37. The summed E-state index contributed by atoms with van der Waals surface area (Å²) in [5.74, 6) is 0.0942. The highest BCUT2D eigenvalue weighted by Gasteiger charge is 2.39. The largest absolute Gasteiger partial charge is 0.416 e. The van der Waals surface area contributed by atoms with Gasteiger partial charge < -0.3 is 4.90 Å². The number of urea groups is 1. The number of alkyl halides is 6. The normalized spacial score (nSPS) is 18.1. The van der Waals surface area contributed by atoms with Gasteiger partial charge in [-0.25, -0.2) is 4.79 Å². The third-order valence-corrected chi connectivity index (χ3v) is 7.37. The van der Waals surface area contributed by atoms with E-state index in [-0.39, 0.29) is 30.0 Å². The van der Waals surface area contributed by atoms with Crippen molar-refractivity contribution in [3.8, 4) is 0 Å². The lowest BCUT2D eigenvalue weighted by molar-refractivity contribution is -0.143. The lowest BCUT2D eigenvalue weighted by atomic mass is 10.0. The molecule has 0 aliphatic carbocycles. The molecule has 2 fully saturated rings. The maximum absolute atomic E-state index is 13.6. The zero-order valence-corrected chi connectivity index (χ0v) is 22.2. The van der Waals surface area contributed by atoms with E-state index in [2.05, 4.69) is 10.00 Å². The highest BCUT2D eigenvalue weighted by molar-refractivity contribution is 6.15. The number of likely N-dealkylation sites (N-methyl/N-ethyl adjacent to an activating group) is 1. The summed E-state index contributed by atoms with van der Waals surface area (Å²) in [6.45, 7) is 4.87. The minimum absolute atomic E-state index is 0.0942. The molecule has 2 aliphatic rings. The molecule has 0 spiro atoms. The Balaban J connectivity index is 1.42. The standard InChI is InChI=1S/C28H28F6N6O/c1-2-39-25(35)24(40(26(39)41)12-11-37-9-3-4-10-37)14-18-5-8-23-20(13-18)17-38(36-23)16-19-6-7-21(27(29,30)31)15-22(19)28(32,33)34/h5-8,13-15,17,35H,2-4,9-12,16H2,1H3. The molecule has 1 N–H and O–H groups in total. The average Bonchev–Trinajstić information content (AvgIpc) is 3.61. The maximum atomic E-state index is 13.6. The zero-order valence-electron chi connectivity index (χ0n) is 22.2. The predicted molar refractivity (Wildman–Crippen MR) is 141 cm³/mol. The van der Waals surface area contributed by atoms with E-state index < -0.39 is 23.5 Å². The van der Waals surface area contributed by atoms with Crippen LogP contribution in [-0.4, -0.2) is 69.1 Å². The Morgan fingerprint density at radius 1 is 0.951 bits per heavy atom. The van der Waals surface area contributed by atoms with E-state index in [1.807, 2.05) is 0 Å². The molecule has 0 radical (unpaired) electrons. The molecule has 3 aromatic rings. The SMILES string of the molecule is CCN1C(=N)C(=Cc2ccc3nn(Cc4ccc(C(F)(F)F)cc4C(F)(F)F)cc3c2)N(CCN2CCCC2)C1=O. The Hall–Kier alpha value is -3.87. The summed E-state index contributed by atoms with van der Waals surface area (Å²) in [5, 5.41) is 13.5. The van der Waals surface area contributed by atoms with E-state index in [0.29, 0.717) is 47.9 Å². The number of fused-ring (bicyclic) bond motifs is 1. The first-order valence-electron chi connectivity index (χ1n) is 13.2. The Labute approximate surface area is 232 Å². The van der Waals surface area contributed by atoms with E-state index in [1.54, 1.807) is 36.1 Å². The molecule has 5 rings (SSSR count). The van der Waals surface area contributed by atoms with Crippen LogP contribution in [0.4, 0.5) is 31.1 Å². The van der Waals surface area contributed by atoms with Crippen LogP contribution in [0.2, 0.25) is 0 Å². The predicted octanol–water partition coefficient (Wildman–Crippen LogP) is 6.29. The van der Waals surface area contributed by atoms with Crippen LogP contribution in [0.3, 0.4) is 0 Å². The molecule has 2 aromatic carbocycles. The first-order valence-corrected chi connectivity index (χ1v) is 13.2. The van der Waals surface area contributed by atoms with Gasteiger partial charge in [0.05, 0.1) is 28.9 Å². The number of nitrogens with zero attached hydrogens (tertiary/aromatic N) is 5. The maximum Gasteiger partial charge on any atom is 0.416 e. The van der Waals surface area contributed by atoms with E-state index in [9.17, 15) is 31.1 Å². The monoisotopic (exact) mass is 578 g/mol. The Morgan fingerprint density at radius 2 is 1.68 bits per heavy atom. The molecule has 1 aromatic heterocycles. The number of nitrogens with one attached hydrogen (secondary N) is 1. The fourth-order valence-electron chi connectivity index (χ4n) is 5.27. The van der Waals surface area contributed by atoms with Crippen LogP contribution in [0.25, 0.3) is 17.0 Å². The van der Waals surface area contributed by atoms with Gasteiger partial charge in [-0.1, -0.05) is 12.1 Å². The minimum atomic E-state index is -4.97. The van der Waals surface area contributed by atoms with Crippen molar-refractivity contribution < 1.29 is 31.1 Å². The molecule has 0 bridgehead atoms. The number of carbonyl (C=O) groups excluding carboxylic acids is 1. The first kappa shape index (κ1) is 28.7. The van der Waals surface area contributed by atoms with Gasteiger partial charge in [-0.3, -0.25) is 19.9 Å². The second kappa shape index (κ2) is 10.8. The van der Waals surface area contributed by atoms with Gasteiger partial charge in [0.15, 0.2) is 5.84 Å². The third kappa shape index (κ3) is 5.95. The molecule has 7 nitrogen and oxygen atoms in total. The van der Waals surface area contributed by atoms with Crippen molar-refractivity contribution in [1.29, 1.82) is 5.41 Å². The van der Waals surface area contributed by atoms with Crippen LogP contribution < -0.4 is 0 Å². The number of rotatable bonds is 7. The number of hydrogen-bond acceptors (Lipinski definition) is 4. The number of amidine groups is 1. The summed E-state index contributed by atoms with van der Waals surface area (Å²) in [6.07, 6.45) is -4.38. The fraction of sp³-hybridized carbons (Fsp3) is 0.393. The molecule has 2 aliphatic heterocycles. The molecule has 2 saturated heterocycles. The minimum Gasteiger partial charge on any atom is -0.302 e. The van der Waals surface area contributed by atoms with Crippen molar-refractivity contribution in [3.05, 3.63) is 70.5 Å². The second-order valence-corrected chi connectivity index (χ2v) is 10.1. The lowest BCUT2D eigenvalue weighted by Gasteiger charge is -2.21. The van der Waals surface area contributed by atoms with Crippen LogP contribution in [0, 0.1) is 5.41 Å². The Morgan fingerprint density at radius 3 is 2.34 bits per heavy atom. The topological polar surface area (TPSA) is 68.5 Å². The van der Waals surface area contributed by atoms with E-state index in [4.69, 9.17) is 5.41 Å². The fourth-order valence-corrected chi connectivity index (χ4v) is 5.27. The van der Waals surface area contributed by atoms with Crippen molar-refractivity contribution in [3.63, 3.8) is 0 Å². The summed E-state index contributed by atoms with van der Waals surface area (Å²) in [5.41, 5.74) is -1.47. The number of likely N-dealkylation sites (tertiary alicyclic amines) is 1. The lowest BCUT2D eigenvalue weighted by Crippen LogP contribution is -2.37. The summed E-state index contributed by atoms with van der Waals surface area (Å²) in [6, 6.07) is 6.47. The quantitative estimate of drug-likeness (QED) is 0.335. The summed E-state index contributed by atoms with van der Waals surface area (Å²) in [4.78, 5) is 18.3. The van der Waals surface area contributed by atoms with Crippen molar-refractivity contribution in [2.24, 2.45) is 0 Å². The number of carbonyl (C=O) groups is 1. The molecule has 0 atom stereocenters. The Bertz CT molecular complexity index is 1500. The smallest absolute Gasteiger partial charge is 0.302 e. The number of amides is 2. The molecular weight excluding hydrogens is 550 g/mol.